The van der Waals surface area contributed by atoms with Crippen molar-refractivity contribution in [3.63, 3.8) is 0 Å². The van der Waals surface area contributed by atoms with Gasteiger partial charge in [0.1, 0.15) is 5.52 Å². The van der Waals surface area contributed by atoms with Gasteiger partial charge in [-0.25, -0.2) is 14.8 Å². The van der Waals surface area contributed by atoms with Crippen molar-refractivity contribution in [2.24, 2.45) is 33.9 Å². The average Bonchev–Trinajstić information content (AvgIpc) is 3.33. The lowest BCUT2D eigenvalue weighted by Crippen LogP contribution is -2.56. The number of aliphatic imine (C=N–C) groups is 1. The third-order valence-corrected chi connectivity index (χ3v) is 9.65. The third-order valence-electron chi connectivity index (χ3n) is 9.65. The molecule has 2 aromatic heterocycles. The Morgan fingerprint density at radius 3 is 2.47 bits per heavy atom. The molecule has 0 spiro atoms. The first kappa shape index (κ1) is 32.3. The van der Waals surface area contributed by atoms with Crippen LogP contribution in [0, 0.1) is 35.5 Å². The Balaban J connectivity index is 1.61. The third kappa shape index (κ3) is 6.92. The number of fused-ring (bicyclic) bond motifs is 1. The number of carboxylic acid groups (broad SMARTS) is 1. The van der Waals surface area contributed by atoms with Gasteiger partial charge in [-0.05, 0) is 57.3 Å². The average molecular weight is 618 g/mol. The fourth-order valence-electron chi connectivity index (χ4n) is 6.75. The molecule has 2 unspecified atom stereocenters. The molecule has 2 amide bonds. The van der Waals surface area contributed by atoms with Crippen LogP contribution < -0.4 is 16.0 Å². The van der Waals surface area contributed by atoms with Crippen molar-refractivity contribution in [2.45, 2.75) is 91.3 Å². The highest BCUT2D eigenvalue weighted by molar-refractivity contribution is 6.01. The molecule has 1 aliphatic heterocycles. The highest BCUT2D eigenvalue weighted by Gasteiger charge is 2.36. The number of nitrogens with zero attached hydrogens (tertiary/aromatic N) is 7. The Bertz CT molecular complexity index is 1510. The number of amidine groups is 1. The molecule has 12 heteroatoms. The van der Waals surface area contributed by atoms with Gasteiger partial charge in [0.05, 0.1) is 6.04 Å². The monoisotopic (exact) mass is 617 g/mol. The predicted octanol–water partition coefficient (Wildman–Crippen LogP) is 4.50. The first-order valence-electron chi connectivity index (χ1n) is 16.2. The van der Waals surface area contributed by atoms with E-state index < -0.39 is 11.5 Å². The summed E-state index contributed by atoms with van der Waals surface area (Å²) < 4.78 is 2.21. The Kier molecular flexibility index (Phi) is 9.37. The Morgan fingerprint density at radius 1 is 1.18 bits per heavy atom. The number of amides is 2. The normalized spacial score (nSPS) is 23.7. The summed E-state index contributed by atoms with van der Waals surface area (Å²) in [4.78, 5) is 46.6. The fraction of sp³-hybridized carbons (Fsp3) is 0.636. The second-order valence-electron chi connectivity index (χ2n) is 13.9. The van der Waals surface area contributed by atoms with Crippen molar-refractivity contribution in [3.05, 3.63) is 18.5 Å². The van der Waals surface area contributed by atoms with E-state index in [1.165, 1.54) is 6.42 Å². The van der Waals surface area contributed by atoms with Gasteiger partial charge in [0.15, 0.2) is 23.1 Å². The molecule has 242 valence electrons. The molecule has 0 radical (unpaired) electrons. The number of nitrogens with two attached hydrogens (primary N) is 1. The molecular weight excluding hydrogens is 570 g/mol. The Labute approximate surface area is 265 Å². The molecule has 2 aromatic rings. The van der Waals surface area contributed by atoms with Gasteiger partial charge >= 0.3 is 6.09 Å². The van der Waals surface area contributed by atoms with E-state index in [9.17, 15) is 14.7 Å². The van der Waals surface area contributed by atoms with Crippen LogP contribution >= 0.6 is 0 Å². The predicted molar refractivity (Wildman–Crippen MR) is 176 cm³/mol. The van der Waals surface area contributed by atoms with Crippen LogP contribution in [0.3, 0.4) is 0 Å². The van der Waals surface area contributed by atoms with Crippen molar-refractivity contribution in [1.82, 2.24) is 24.4 Å². The lowest BCUT2D eigenvalue weighted by molar-refractivity contribution is -0.140. The summed E-state index contributed by atoms with van der Waals surface area (Å²) in [6.07, 6.45) is 13.7. The van der Waals surface area contributed by atoms with E-state index in [0.29, 0.717) is 55.4 Å². The highest BCUT2D eigenvalue weighted by Crippen LogP contribution is 2.37. The Morgan fingerprint density at radius 2 is 1.89 bits per heavy atom. The molecule has 0 aromatic carbocycles. The quantitative estimate of drug-likeness (QED) is 0.168. The van der Waals surface area contributed by atoms with Crippen LogP contribution in [0.5, 0.6) is 0 Å². The molecule has 0 bridgehead atoms. The number of carbonyl (C=O) groups excluding carboxylic acids is 1. The number of nitrogens with one attached hydrogen (secondary N) is 1. The molecule has 2 atom stereocenters. The van der Waals surface area contributed by atoms with E-state index in [4.69, 9.17) is 22.1 Å². The van der Waals surface area contributed by atoms with Gasteiger partial charge in [-0.3, -0.25) is 4.79 Å². The van der Waals surface area contributed by atoms with Crippen LogP contribution in [-0.2, 0) is 11.3 Å². The summed E-state index contributed by atoms with van der Waals surface area (Å²) in [6, 6.07) is -0.0396. The number of hydrogen-bond acceptors (Lipinski definition) is 7. The molecule has 3 heterocycles. The van der Waals surface area contributed by atoms with Crippen LogP contribution in [-0.4, -0.2) is 79.1 Å². The van der Waals surface area contributed by atoms with Gasteiger partial charge < -0.3 is 30.5 Å². The lowest BCUT2D eigenvalue weighted by atomic mass is 9.80. The van der Waals surface area contributed by atoms with E-state index in [-0.39, 0.29) is 29.7 Å². The fourth-order valence-corrected chi connectivity index (χ4v) is 6.75. The smallest absolute Gasteiger partial charge is 0.433 e. The summed E-state index contributed by atoms with van der Waals surface area (Å²) in [7, 11) is 0. The van der Waals surface area contributed by atoms with Crippen LogP contribution in [0.1, 0.15) is 78.5 Å². The van der Waals surface area contributed by atoms with Gasteiger partial charge in [-0.1, -0.05) is 33.3 Å². The van der Waals surface area contributed by atoms with Crippen molar-refractivity contribution < 1.29 is 14.7 Å². The standard InChI is InChI=1S/C33H47N9O3/c1-7-21-12-14-22(15-13-21)18-42-25-27(35-20(3)23-10-9-11-23)37-29(26(34)36-32(44)45)38-28(25)39-31(42)41-17-16-40(19-24(41)8-2)30(43)33(4,5)6/h1,8,20-24H,2,9-19H2,3-6H3,(H2,34,36)(H,44,45)(H,35,37,38). The van der Waals surface area contributed by atoms with E-state index in [0.717, 1.165) is 50.0 Å². The zero-order valence-electron chi connectivity index (χ0n) is 27.0. The topological polar surface area (TPSA) is 155 Å². The Hall–Kier alpha value is -4.14. The van der Waals surface area contributed by atoms with Crippen molar-refractivity contribution in [3.8, 4) is 12.3 Å². The van der Waals surface area contributed by atoms with Gasteiger partial charge in [-0.2, -0.15) is 9.98 Å². The zero-order chi connectivity index (χ0) is 32.5. The minimum atomic E-state index is -1.42. The number of carbonyl (C=O) groups is 2. The largest absolute Gasteiger partial charge is 0.463 e. The summed E-state index contributed by atoms with van der Waals surface area (Å²) >= 11 is 0. The number of piperazine rings is 1. The van der Waals surface area contributed by atoms with E-state index >= 15 is 0 Å². The number of terminal acetylenes is 1. The lowest BCUT2D eigenvalue weighted by Gasteiger charge is -2.42. The summed E-state index contributed by atoms with van der Waals surface area (Å²) in [5.74, 6) is 5.24. The molecule has 2 saturated carbocycles. The van der Waals surface area contributed by atoms with Crippen molar-refractivity contribution in [1.29, 1.82) is 0 Å². The molecule has 4 N–H and O–H groups in total. The minimum absolute atomic E-state index is 0.0137. The van der Waals surface area contributed by atoms with Gasteiger partial charge in [0.2, 0.25) is 11.9 Å². The summed E-state index contributed by atoms with van der Waals surface area (Å²) in [6.45, 7) is 14.4. The SMILES string of the molecule is C#CC1CCC(Cn2c(N3CCN(C(=O)C(C)(C)C)CC3C=C)nc3nc(C(N)=NC(=O)O)nc(NC(C)C4CCC4)c32)CC1. The van der Waals surface area contributed by atoms with Gasteiger partial charge in [0, 0.05) is 43.6 Å². The van der Waals surface area contributed by atoms with Crippen LogP contribution in [0.2, 0.25) is 0 Å². The highest BCUT2D eigenvalue weighted by atomic mass is 16.4. The van der Waals surface area contributed by atoms with Gasteiger partial charge in [-0.15, -0.1) is 18.9 Å². The van der Waals surface area contributed by atoms with E-state index in [1.807, 2.05) is 31.7 Å². The van der Waals surface area contributed by atoms with Crippen molar-refractivity contribution in [2.75, 3.05) is 29.9 Å². The summed E-state index contributed by atoms with van der Waals surface area (Å²) in [5, 5.41) is 12.9. The minimum Gasteiger partial charge on any atom is -0.463 e. The number of aromatic nitrogens is 4. The maximum Gasteiger partial charge on any atom is 0.433 e. The molecule has 3 fully saturated rings. The molecule has 12 nitrogen and oxygen atoms in total. The van der Waals surface area contributed by atoms with E-state index in [2.05, 4.69) is 44.2 Å². The zero-order valence-corrected chi connectivity index (χ0v) is 27.0. The maximum absolute atomic E-state index is 13.2. The number of imidazole rings is 1. The first-order valence-corrected chi connectivity index (χ1v) is 16.2. The van der Waals surface area contributed by atoms with Crippen LogP contribution in [0.4, 0.5) is 16.6 Å². The molecule has 2 aliphatic carbocycles. The maximum atomic E-state index is 13.2. The molecule has 45 heavy (non-hydrogen) atoms. The molecule has 3 aliphatic rings. The second-order valence-corrected chi connectivity index (χ2v) is 13.9. The molecular formula is C33H47N9O3. The number of anilines is 2. The van der Waals surface area contributed by atoms with Crippen LogP contribution in [0.15, 0.2) is 17.6 Å². The first-order chi connectivity index (χ1) is 21.4. The number of rotatable bonds is 8. The number of hydrogen-bond donors (Lipinski definition) is 3. The molecule has 5 rings (SSSR count). The van der Waals surface area contributed by atoms with Gasteiger partial charge in [0.25, 0.3) is 0 Å². The van der Waals surface area contributed by atoms with E-state index in [1.54, 1.807) is 0 Å². The summed E-state index contributed by atoms with van der Waals surface area (Å²) in [5.41, 5.74) is 6.75. The van der Waals surface area contributed by atoms with Crippen LogP contribution in [0.25, 0.3) is 11.2 Å². The second kappa shape index (κ2) is 13.1. The molecule has 1 saturated heterocycles. The van der Waals surface area contributed by atoms with Crippen molar-refractivity contribution >= 4 is 40.8 Å².